The number of allylic oxidation sites excluding steroid dienone is 3. The fourth-order valence-electron chi connectivity index (χ4n) is 1.86. The highest BCUT2D eigenvalue weighted by atomic mass is 16.1. The second-order valence-electron chi connectivity index (χ2n) is 4.14. The first-order valence-corrected chi connectivity index (χ1v) is 4.33. The molecule has 0 bridgehead atoms. The van der Waals surface area contributed by atoms with Gasteiger partial charge in [0, 0.05) is 5.41 Å². The van der Waals surface area contributed by atoms with Crippen LogP contribution in [0.2, 0.25) is 0 Å². The van der Waals surface area contributed by atoms with Crippen molar-refractivity contribution in [2.45, 2.75) is 33.6 Å². The molecule has 1 rings (SSSR count). The lowest BCUT2D eigenvalue weighted by molar-refractivity contribution is -0.122. The minimum Gasteiger partial charge on any atom is -0.294 e. The number of hydrogen-bond donors (Lipinski definition) is 0. The Hall–Kier alpha value is -0.850. The van der Waals surface area contributed by atoms with Crippen LogP contribution in [-0.2, 0) is 4.79 Å². The molecule has 0 aliphatic heterocycles. The summed E-state index contributed by atoms with van der Waals surface area (Å²) in [4.78, 5) is 11.7. The minimum absolute atomic E-state index is 0.164. The van der Waals surface area contributed by atoms with Crippen molar-refractivity contribution in [1.82, 2.24) is 0 Å². The van der Waals surface area contributed by atoms with E-state index < -0.39 is 0 Å². The predicted molar refractivity (Wildman–Crippen MR) is 50.9 cm³/mol. The van der Waals surface area contributed by atoms with Crippen LogP contribution >= 0.6 is 0 Å². The van der Waals surface area contributed by atoms with E-state index in [0.29, 0.717) is 5.78 Å². The Morgan fingerprint density at radius 2 is 2.17 bits per heavy atom. The van der Waals surface area contributed by atoms with Gasteiger partial charge >= 0.3 is 0 Å². The average molecular weight is 164 g/mol. The van der Waals surface area contributed by atoms with Crippen molar-refractivity contribution in [3.8, 4) is 0 Å². The summed E-state index contributed by atoms with van der Waals surface area (Å²) in [6.07, 6.45) is 3.45. The van der Waals surface area contributed by atoms with E-state index in [0.717, 1.165) is 18.4 Å². The molecule has 0 heterocycles. The largest absolute Gasteiger partial charge is 0.294 e. The Balaban J connectivity index is 2.93. The highest BCUT2D eigenvalue weighted by Gasteiger charge is 2.36. The van der Waals surface area contributed by atoms with Crippen LogP contribution in [0.1, 0.15) is 33.6 Å². The molecule has 0 spiro atoms. The van der Waals surface area contributed by atoms with Crippen molar-refractivity contribution in [2.75, 3.05) is 0 Å². The Morgan fingerprint density at radius 1 is 1.58 bits per heavy atom. The molecule has 0 unspecified atom stereocenters. The maximum atomic E-state index is 11.7. The van der Waals surface area contributed by atoms with E-state index >= 15 is 0 Å². The minimum atomic E-state index is -0.164. The second kappa shape index (κ2) is 2.89. The van der Waals surface area contributed by atoms with Crippen molar-refractivity contribution in [1.29, 1.82) is 0 Å². The molecule has 0 fully saturated rings. The zero-order valence-corrected chi connectivity index (χ0v) is 8.11. The number of hydrogen-bond acceptors (Lipinski definition) is 1. The molecular formula is C11H16O. The van der Waals surface area contributed by atoms with E-state index in [1.54, 1.807) is 6.08 Å². The van der Waals surface area contributed by atoms with Crippen LogP contribution in [0.15, 0.2) is 23.8 Å². The van der Waals surface area contributed by atoms with E-state index in [9.17, 15) is 4.79 Å². The molecule has 66 valence electrons. The third kappa shape index (κ3) is 1.36. The van der Waals surface area contributed by atoms with Crippen LogP contribution in [0.25, 0.3) is 0 Å². The van der Waals surface area contributed by atoms with Gasteiger partial charge in [0.2, 0.25) is 0 Å². The molecule has 1 nitrogen and oxygen atoms in total. The summed E-state index contributed by atoms with van der Waals surface area (Å²) in [7, 11) is 0. The summed E-state index contributed by atoms with van der Waals surface area (Å²) >= 11 is 0. The van der Waals surface area contributed by atoms with Crippen molar-refractivity contribution in [2.24, 2.45) is 5.41 Å². The van der Waals surface area contributed by atoms with Crippen LogP contribution in [-0.4, -0.2) is 5.78 Å². The van der Waals surface area contributed by atoms with E-state index in [1.165, 1.54) is 5.57 Å². The lowest BCUT2D eigenvalue weighted by Gasteiger charge is -2.14. The molecule has 1 aliphatic rings. The Kier molecular flexibility index (Phi) is 2.22. The first-order valence-electron chi connectivity index (χ1n) is 4.33. The van der Waals surface area contributed by atoms with Crippen molar-refractivity contribution in [3.05, 3.63) is 23.8 Å². The molecule has 0 aromatic carbocycles. The first-order chi connectivity index (χ1) is 5.49. The summed E-state index contributed by atoms with van der Waals surface area (Å²) in [5.41, 5.74) is 2.06. The molecule has 0 saturated heterocycles. The number of carbonyl (C=O) groups is 1. The molecule has 0 N–H and O–H groups in total. The molecule has 1 aliphatic carbocycles. The van der Waals surface area contributed by atoms with Gasteiger partial charge in [-0.3, -0.25) is 4.79 Å². The lowest BCUT2D eigenvalue weighted by Crippen LogP contribution is -2.19. The zero-order valence-electron chi connectivity index (χ0n) is 8.11. The third-order valence-corrected chi connectivity index (χ3v) is 2.46. The summed E-state index contributed by atoms with van der Waals surface area (Å²) in [5, 5.41) is 0. The molecule has 1 heteroatoms. The predicted octanol–water partition coefficient (Wildman–Crippen LogP) is 2.88. The highest BCUT2D eigenvalue weighted by molar-refractivity contribution is 6.02. The maximum absolute atomic E-state index is 11.7. The smallest absolute Gasteiger partial charge is 0.165 e. The van der Waals surface area contributed by atoms with Gasteiger partial charge in [-0.1, -0.05) is 25.5 Å². The SMILES string of the molecule is C=CCC1=C(C)CC(C)(C)C1=O. The molecule has 0 atom stereocenters. The van der Waals surface area contributed by atoms with E-state index in [1.807, 2.05) is 20.8 Å². The Morgan fingerprint density at radius 3 is 2.50 bits per heavy atom. The van der Waals surface area contributed by atoms with Crippen molar-refractivity contribution < 1.29 is 4.79 Å². The topological polar surface area (TPSA) is 17.1 Å². The fraction of sp³-hybridized carbons (Fsp3) is 0.545. The molecule has 0 aromatic rings. The van der Waals surface area contributed by atoms with Crippen LogP contribution in [0.4, 0.5) is 0 Å². The number of ketones is 1. The summed E-state index contributed by atoms with van der Waals surface area (Å²) in [6, 6.07) is 0. The molecular weight excluding hydrogens is 148 g/mol. The molecule has 0 saturated carbocycles. The van der Waals surface area contributed by atoms with Gasteiger partial charge in [-0.15, -0.1) is 6.58 Å². The van der Waals surface area contributed by atoms with Gasteiger partial charge in [0.1, 0.15) is 0 Å². The van der Waals surface area contributed by atoms with Crippen molar-refractivity contribution >= 4 is 5.78 Å². The summed E-state index contributed by atoms with van der Waals surface area (Å²) < 4.78 is 0. The van der Waals surface area contributed by atoms with Crippen LogP contribution in [0.5, 0.6) is 0 Å². The Bertz CT molecular complexity index is 256. The molecule has 0 radical (unpaired) electrons. The van der Waals surface area contributed by atoms with Gasteiger partial charge in [0.15, 0.2) is 5.78 Å². The van der Waals surface area contributed by atoms with Gasteiger partial charge in [0.25, 0.3) is 0 Å². The summed E-state index contributed by atoms with van der Waals surface area (Å²) in [5.74, 6) is 0.305. The van der Waals surface area contributed by atoms with Gasteiger partial charge in [-0.2, -0.15) is 0 Å². The lowest BCUT2D eigenvalue weighted by atomic mass is 9.87. The van der Waals surface area contributed by atoms with Crippen LogP contribution in [0, 0.1) is 5.41 Å². The first kappa shape index (κ1) is 9.24. The maximum Gasteiger partial charge on any atom is 0.165 e. The number of Topliss-reactive ketones (excluding diaryl/α,β-unsaturated/α-hetero) is 1. The van der Waals surface area contributed by atoms with Gasteiger partial charge < -0.3 is 0 Å². The standard InChI is InChI=1S/C11H16O/c1-5-6-9-8(2)7-11(3,4)10(9)12/h5H,1,6-7H2,2-4H3. The quantitative estimate of drug-likeness (QED) is 0.573. The second-order valence-corrected chi connectivity index (χ2v) is 4.14. The number of rotatable bonds is 2. The van der Waals surface area contributed by atoms with Gasteiger partial charge in [-0.25, -0.2) is 0 Å². The van der Waals surface area contributed by atoms with Crippen LogP contribution in [0.3, 0.4) is 0 Å². The zero-order chi connectivity index (χ0) is 9.35. The highest BCUT2D eigenvalue weighted by Crippen LogP contribution is 2.39. The normalized spacial score (nSPS) is 21.8. The molecule has 0 amide bonds. The average Bonchev–Trinajstić information content (AvgIpc) is 2.13. The van der Waals surface area contributed by atoms with E-state index in [4.69, 9.17) is 0 Å². The Labute approximate surface area is 74.2 Å². The number of carbonyl (C=O) groups excluding carboxylic acids is 1. The van der Waals surface area contributed by atoms with E-state index in [-0.39, 0.29) is 5.41 Å². The van der Waals surface area contributed by atoms with Crippen molar-refractivity contribution in [3.63, 3.8) is 0 Å². The van der Waals surface area contributed by atoms with E-state index in [2.05, 4.69) is 6.58 Å². The van der Waals surface area contributed by atoms with Gasteiger partial charge in [0.05, 0.1) is 0 Å². The monoisotopic (exact) mass is 164 g/mol. The van der Waals surface area contributed by atoms with Crippen LogP contribution < -0.4 is 0 Å². The summed E-state index contributed by atoms with van der Waals surface area (Å²) in [6.45, 7) is 9.72. The van der Waals surface area contributed by atoms with Gasteiger partial charge in [-0.05, 0) is 25.3 Å². The molecule has 12 heavy (non-hydrogen) atoms. The fourth-order valence-corrected chi connectivity index (χ4v) is 1.86. The third-order valence-electron chi connectivity index (χ3n) is 2.46. The molecule has 0 aromatic heterocycles.